The second kappa shape index (κ2) is 8.39. The molecule has 0 unspecified atom stereocenters. The first kappa shape index (κ1) is 20.3. The van der Waals surface area contributed by atoms with E-state index in [1.165, 1.54) is 7.11 Å². The van der Waals surface area contributed by atoms with E-state index >= 15 is 0 Å². The maximum atomic E-state index is 13.5. The highest BCUT2D eigenvalue weighted by molar-refractivity contribution is 6.12. The van der Waals surface area contributed by atoms with Crippen LogP contribution in [-0.4, -0.2) is 25.5 Å². The number of carbonyl (C=O) groups excluding carboxylic acids is 2. The second-order valence-corrected chi connectivity index (χ2v) is 7.27. The number of hydrogen-bond acceptors (Lipinski definition) is 5. The third-order valence-electron chi connectivity index (χ3n) is 5.11. The monoisotopic (exact) mass is 417 g/mol. The Morgan fingerprint density at radius 3 is 2.52 bits per heavy atom. The van der Waals surface area contributed by atoms with Gasteiger partial charge in [-0.05, 0) is 48.9 Å². The maximum absolute atomic E-state index is 13.5. The molecule has 31 heavy (non-hydrogen) atoms. The molecule has 2 amide bonds. The lowest BCUT2D eigenvalue weighted by molar-refractivity contribution is -0.119. The molecule has 3 N–H and O–H groups in total. The minimum absolute atomic E-state index is 0.101. The molecule has 0 aliphatic carbocycles. The number of aryl methyl sites for hydroxylation is 1. The quantitative estimate of drug-likeness (QED) is 0.639. The summed E-state index contributed by atoms with van der Waals surface area (Å²) in [6, 6.07) is 20.6. The van der Waals surface area contributed by atoms with Crippen molar-refractivity contribution in [3.8, 4) is 11.5 Å². The molecule has 3 aromatic carbocycles. The van der Waals surface area contributed by atoms with Gasteiger partial charge in [-0.3, -0.25) is 14.5 Å². The van der Waals surface area contributed by atoms with Gasteiger partial charge in [-0.1, -0.05) is 35.9 Å². The number of fused-ring (bicyclic) bond motifs is 1. The fraction of sp³-hybridized carbons (Fsp3) is 0.167. The largest absolute Gasteiger partial charge is 0.493 e. The van der Waals surface area contributed by atoms with Crippen LogP contribution >= 0.6 is 0 Å². The first-order valence-electron chi connectivity index (χ1n) is 9.83. The van der Waals surface area contributed by atoms with E-state index in [0.717, 1.165) is 22.5 Å². The van der Waals surface area contributed by atoms with E-state index in [1.807, 2.05) is 61.5 Å². The standard InChI is InChI=1S/C24H23N3O4/c1-15-7-10-17(11-8-15)27-23(26-19-6-4-3-5-18(19)24(27)29)16-9-12-20(21(13-16)30-2)31-14-22(25)28/h3-13,23,26H,14H2,1-2H3,(H2,25,28)/t23-/m0/s1. The molecule has 0 saturated carbocycles. The minimum atomic E-state index is -0.576. The number of amides is 2. The molecule has 0 radical (unpaired) electrons. The summed E-state index contributed by atoms with van der Waals surface area (Å²) in [5.41, 5.74) is 9.21. The Kier molecular flexibility index (Phi) is 5.49. The number of nitrogens with one attached hydrogen (secondary N) is 1. The zero-order chi connectivity index (χ0) is 22.0. The number of para-hydroxylation sites is 1. The van der Waals surface area contributed by atoms with Gasteiger partial charge in [0.1, 0.15) is 6.17 Å². The number of ether oxygens (including phenoxy) is 2. The van der Waals surface area contributed by atoms with Crippen molar-refractivity contribution < 1.29 is 19.1 Å². The topological polar surface area (TPSA) is 93.9 Å². The number of anilines is 2. The number of carbonyl (C=O) groups is 2. The summed E-state index contributed by atoms with van der Waals surface area (Å²) in [6.07, 6.45) is -0.468. The van der Waals surface area contributed by atoms with Gasteiger partial charge in [0.25, 0.3) is 11.8 Å². The van der Waals surface area contributed by atoms with E-state index in [9.17, 15) is 9.59 Å². The summed E-state index contributed by atoms with van der Waals surface area (Å²) < 4.78 is 10.9. The van der Waals surface area contributed by atoms with E-state index in [-0.39, 0.29) is 12.5 Å². The van der Waals surface area contributed by atoms with Gasteiger partial charge in [0, 0.05) is 11.4 Å². The Labute approximate surface area is 180 Å². The molecule has 0 fully saturated rings. The van der Waals surface area contributed by atoms with Crippen LogP contribution < -0.4 is 25.4 Å². The Morgan fingerprint density at radius 2 is 1.81 bits per heavy atom. The van der Waals surface area contributed by atoms with Gasteiger partial charge in [-0.15, -0.1) is 0 Å². The Balaban J connectivity index is 1.77. The summed E-state index contributed by atoms with van der Waals surface area (Å²) >= 11 is 0. The molecule has 1 heterocycles. The first-order valence-corrected chi connectivity index (χ1v) is 9.83. The molecule has 1 aliphatic rings. The second-order valence-electron chi connectivity index (χ2n) is 7.27. The van der Waals surface area contributed by atoms with Crippen LogP contribution in [0.15, 0.2) is 66.7 Å². The Bertz CT molecular complexity index is 1130. The van der Waals surface area contributed by atoms with Crippen LogP contribution in [0.1, 0.15) is 27.7 Å². The predicted octanol–water partition coefficient (Wildman–Crippen LogP) is 3.64. The van der Waals surface area contributed by atoms with Crippen molar-refractivity contribution in [2.24, 2.45) is 5.73 Å². The Hall–Kier alpha value is -4.00. The first-order chi connectivity index (χ1) is 15.0. The number of hydrogen-bond donors (Lipinski definition) is 2. The minimum Gasteiger partial charge on any atom is -0.493 e. The van der Waals surface area contributed by atoms with Gasteiger partial charge < -0.3 is 20.5 Å². The van der Waals surface area contributed by atoms with Gasteiger partial charge in [0.05, 0.1) is 12.7 Å². The van der Waals surface area contributed by atoms with Crippen molar-refractivity contribution in [2.75, 3.05) is 23.9 Å². The molecule has 0 bridgehead atoms. The summed E-state index contributed by atoms with van der Waals surface area (Å²) in [5, 5.41) is 3.46. The van der Waals surface area contributed by atoms with Crippen molar-refractivity contribution >= 4 is 23.2 Å². The molecular weight excluding hydrogens is 394 g/mol. The summed E-state index contributed by atoms with van der Waals surface area (Å²) in [5.74, 6) is 0.161. The van der Waals surface area contributed by atoms with Gasteiger partial charge in [-0.25, -0.2) is 0 Å². The van der Waals surface area contributed by atoms with Crippen LogP contribution in [0, 0.1) is 6.92 Å². The lowest BCUT2D eigenvalue weighted by atomic mass is 10.0. The lowest BCUT2D eigenvalue weighted by Crippen LogP contribution is -2.43. The molecule has 158 valence electrons. The molecule has 0 aromatic heterocycles. The molecule has 7 heteroatoms. The fourth-order valence-corrected chi connectivity index (χ4v) is 3.58. The highest BCUT2D eigenvalue weighted by Crippen LogP contribution is 2.39. The number of primary amides is 1. The van der Waals surface area contributed by atoms with Crippen LogP contribution in [0.2, 0.25) is 0 Å². The van der Waals surface area contributed by atoms with E-state index in [2.05, 4.69) is 5.32 Å². The smallest absolute Gasteiger partial charge is 0.262 e. The van der Waals surface area contributed by atoms with E-state index in [0.29, 0.717) is 17.1 Å². The molecule has 1 atom stereocenters. The van der Waals surface area contributed by atoms with Gasteiger partial charge >= 0.3 is 0 Å². The van der Waals surface area contributed by atoms with Crippen LogP contribution in [0.4, 0.5) is 11.4 Å². The zero-order valence-electron chi connectivity index (χ0n) is 17.3. The zero-order valence-corrected chi connectivity index (χ0v) is 17.3. The molecular formula is C24H23N3O4. The van der Waals surface area contributed by atoms with E-state index in [4.69, 9.17) is 15.2 Å². The predicted molar refractivity (Wildman–Crippen MR) is 118 cm³/mol. The van der Waals surface area contributed by atoms with Gasteiger partial charge in [0.15, 0.2) is 18.1 Å². The average molecular weight is 417 g/mol. The van der Waals surface area contributed by atoms with Crippen LogP contribution in [0.25, 0.3) is 0 Å². The summed E-state index contributed by atoms with van der Waals surface area (Å²) in [6.45, 7) is 1.75. The molecule has 3 aromatic rings. The molecule has 4 rings (SSSR count). The molecule has 7 nitrogen and oxygen atoms in total. The lowest BCUT2D eigenvalue weighted by Gasteiger charge is -2.38. The SMILES string of the molecule is COc1cc([C@H]2Nc3ccccc3C(=O)N2c2ccc(C)cc2)ccc1OCC(N)=O. The van der Waals surface area contributed by atoms with Gasteiger partial charge in [-0.2, -0.15) is 0 Å². The van der Waals surface area contributed by atoms with Crippen LogP contribution in [0.3, 0.4) is 0 Å². The third-order valence-corrected chi connectivity index (χ3v) is 5.11. The van der Waals surface area contributed by atoms with Crippen molar-refractivity contribution in [3.63, 3.8) is 0 Å². The Morgan fingerprint density at radius 1 is 1.06 bits per heavy atom. The van der Waals surface area contributed by atoms with Crippen molar-refractivity contribution in [3.05, 3.63) is 83.4 Å². The van der Waals surface area contributed by atoms with Crippen molar-refractivity contribution in [1.29, 1.82) is 0 Å². The fourth-order valence-electron chi connectivity index (χ4n) is 3.58. The number of nitrogens with two attached hydrogens (primary N) is 1. The number of methoxy groups -OCH3 is 1. The number of nitrogens with zero attached hydrogens (tertiary/aromatic N) is 1. The van der Waals surface area contributed by atoms with Crippen molar-refractivity contribution in [2.45, 2.75) is 13.1 Å². The van der Waals surface area contributed by atoms with Crippen LogP contribution in [0.5, 0.6) is 11.5 Å². The normalized spacial score (nSPS) is 15.1. The van der Waals surface area contributed by atoms with Gasteiger partial charge in [0.2, 0.25) is 0 Å². The summed E-state index contributed by atoms with van der Waals surface area (Å²) in [7, 11) is 1.52. The van der Waals surface area contributed by atoms with E-state index < -0.39 is 12.1 Å². The summed E-state index contributed by atoms with van der Waals surface area (Å²) in [4.78, 5) is 26.3. The van der Waals surface area contributed by atoms with Crippen LogP contribution in [-0.2, 0) is 4.79 Å². The molecule has 1 aliphatic heterocycles. The molecule has 0 spiro atoms. The number of rotatable bonds is 6. The van der Waals surface area contributed by atoms with Crippen molar-refractivity contribution in [1.82, 2.24) is 0 Å². The highest BCUT2D eigenvalue weighted by Gasteiger charge is 2.34. The molecule has 0 saturated heterocycles. The highest BCUT2D eigenvalue weighted by atomic mass is 16.5. The number of benzene rings is 3. The third kappa shape index (κ3) is 4.02. The average Bonchev–Trinajstić information content (AvgIpc) is 2.78. The maximum Gasteiger partial charge on any atom is 0.262 e. The van der Waals surface area contributed by atoms with E-state index in [1.54, 1.807) is 17.0 Å².